The van der Waals surface area contributed by atoms with Crippen LogP contribution in [-0.4, -0.2) is 65.9 Å². The molecule has 1 aromatic rings. The lowest BCUT2D eigenvalue weighted by Crippen LogP contribution is -2.49. The summed E-state index contributed by atoms with van der Waals surface area (Å²) < 4.78 is 0. The smallest absolute Gasteiger partial charge is 0.239 e. The normalized spacial score (nSPS) is 18.8. The highest BCUT2D eigenvalue weighted by Crippen LogP contribution is 2.13. The van der Waals surface area contributed by atoms with Crippen LogP contribution in [-0.2, 0) is 17.8 Å². The van der Waals surface area contributed by atoms with Gasteiger partial charge in [0.2, 0.25) is 5.91 Å². The Morgan fingerprint density at radius 2 is 2.22 bits per heavy atom. The van der Waals surface area contributed by atoms with Crippen LogP contribution >= 0.6 is 0 Å². The number of amides is 1. The van der Waals surface area contributed by atoms with E-state index in [4.69, 9.17) is 0 Å². The van der Waals surface area contributed by atoms with E-state index in [1.54, 1.807) is 11.2 Å². The first-order valence-corrected chi connectivity index (χ1v) is 6.22. The summed E-state index contributed by atoms with van der Waals surface area (Å²) in [5.41, 5.74) is 2.10. The minimum absolute atomic E-state index is 0.144. The first kappa shape index (κ1) is 13.0. The molecule has 2 rings (SSSR count). The lowest BCUT2D eigenvalue weighted by molar-refractivity contribution is -0.132. The Balaban J connectivity index is 1.90. The highest BCUT2D eigenvalue weighted by atomic mass is 16.2. The van der Waals surface area contributed by atoms with E-state index in [0.29, 0.717) is 13.0 Å². The second-order valence-electron chi connectivity index (χ2n) is 5.03. The second-order valence-corrected chi connectivity index (χ2v) is 5.03. The monoisotopic (exact) mass is 251 g/mol. The van der Waals surface area contributed by atoms with Gasteiger partial charge in [-0.05, 0) is 14.1 Å². The first-order chi connectivity index (χ1) is 8.58. The van der Waals surface area contributed by atoms with Crippen LogP contribution in [0.25, 0.3) is 0 Å². The zero-order valence-electron chi connectivity index (χ0n) is 11.2. The number of hydrogen-bond donors (Lipinski definition) is 2. The van der Waals surface area contributed by atoms with Crippen LogP contribution in [0.4, 0.5) is 0 Å². The standard InChI is InChI=1S/C12H21N5O/c1-16(2)4-5-17(3)12(18)10-6-9-11(7-13-10)15-8-14-9/h8,10,13H,4-7H2,1-3H3,(H,14,15). The molecule has 2 heterocycles. The maximum atomic E-state index is 12.2. The Morgan fingerprint density at radius 1 is 1.44 bits per heavy atom. The number of likely N-dealkylation sites (N-methyl/N-ethyl adjacent to an activating group) is 2. The zero-order chi connectivity index (χ0) is 13.1. The molecule has 1 amide bonds. The molecular weight excluding hydrogens is 230 g/mol. The fourth-order valence-electron chi connectivity index (χ4n) is 2.07. The number of fused-ring (bicyclic) bond motifs is 1. The number of nitrogens with one attached hydrogen (secondary N) is 2. The molecule has 6 heteroatoms. The van der Waals surface area contributed by atoms with Crippen LogP contribution in [0.5, 0.6) is 0 Å². The van der Waals surface area contributed by atoms with Gasteiger partial charge in [-0.15, -0.1) is 0 Å². The SMILES string of the molecule is CN(C)CCN(C)C(=O)C1Cc2nc[nH]c2CN1. The third-order valence-electron chi connectivity index (χ3n) is 3.29. The van der Waals surface area contributed by atoms with E-state index in [1.807, 2.05) is 21.1 Å². The van der Waals surface area contributed by atoms with Gasteiger partial charge in [0.25, 0.3) is 0 Å². The molecule has 0 fully saturated rings. The maximum absolute atomic E-state index is 12.2. The molecule has 1 atom stereocenters. The maximum Gasteiger partial charge on any atom is 0.239 e. The van der Waals surface area contributed by atoms with Crippen LogP contribution in [0.15, 0.2) is 6.33 Å². The molecule has 2 N–H and O–H groups in total. The fourth-order valence-corrected chi connectivity index (χ4v) is 2.07. The summed E-state index contributed by atoms with van der Waals surface area (Å²) in [6.07, 6.45) is 2.36. The topological polar surface area (TPSA) is 64.3 Å². The largest absolute Gasteiger partial charge is 0.347 e. The predicted molar refractivity (Wildman–Crippen MR) is 69.1 cm³/mol. The quantitative estimate of drug-likeness (QED) is 0.753. The third-order valence-corrected chi connectivity index (χ3v) is 3.29. The van der Waals surface area contributed by atoms with Crippen molar-refractivity contribution in [2.45, 2.75) is 19.0 Å². The molecule has 0 saturated heterocycles. The molecule has 18 heavy (non-hydrogen) atoms. The molecule has 6 nitrogen and oxygen atoms in total. The van der Waals surface area contributed by atoms with Crippen LogP contribution in [0, 0.1) is 0 Å². The number of H-pyrrole nitrogens is 1. The van der Waals surface area contributed by atoms with Crippen molar-refractivity contribution in [1.82, 2.24) is 25.1 Å². The number of aromatic amines is 1. The summed E-state index contributed by atoms with van der Waals surface area (Å²) in [4.78, 5) is 23.4. The second kappa shape index (κ2) is 5.49. The van der Waals surface area contributed by atoms with Gasteiger partial charge in [-0.3, -0.25) is 10.1 Å². The molecule has 0 bridgehead atoms. The highest BCUT2D eigenvalue weighted by molar-refractivity contribution is 5.82. The van der Waals surface area contributed by atoms with Gasteiger partial charge < -0.3 is 14.8 Å². The Bertz CT molecular complexity index is 414. The lowest BCUT2D eigenvalue weighted by Gasteiger charge is -2.27. The third kappa shape index (κ3) is 2.88. The number of imidazole rings is 1. The molecule has 1 aromatic heterocycles. The minimum Gasteiger partial charge on any atom is -0.347 e. The van der Waals surface area contributed by atoms with Crippen LogP contribution in [0.2, 0.25) is 0 Å². The van der Waals surface area contributed by atoms with Crippen LogP contribution < -0.4 is 5.32 Å². The Labute approximate surface area is 107 Å². The molecule has 100 valence electrons. The molecule has 0 aromatic carbocycles. The van der Waals surface area contributed by atoms with Gasteiger partial charge in [0.05, 0.1) is 23.8 Å². The van der Waals surface area contributed by atoms with E-state index < -0.39 is 0 Å². The predicted octanol–water partition coefficient (Wildman–Crippen LogP) is -0.556. The van der Waals surface area contributed by atoms with Gasteiger partial charge >= 0.3 is 0 Å². The Hall–Kier alpha value is -1.40. The van der Waals surface area contributed by atoms with Crippen molar-refractivity contribution in [3.8, 4) is 0 Å². The van der Waals surface area contributed by atoms with Crippen molar-refractivity contribution in [3.63, 3.8) is 0 Å². The molecule has 0 saturated carbocycles. The zero-order valence-corrected chi connectivity index (χ0v) is 11.2. The number of aromatic nitrogens is 2. The number of hydrogen-bond acceptors (Lipinski definition) is 4. The van der Waals surface area contributed by atoms with Crippen molar-refractivity contribution in [2.24, 2.45) is 0 Å². The van der Waals surface area contributed by atoms with Crippen LogP contribution in [0.1, 0.15) is 11.4 Å². The van der Waals surface area contributed by atoms with Gasteiger partial charge in [0, 0.05) is 33.1 Å². The lowest BCUT2D eigenvalue weighted by atomic mass is 10.0. The molecule has 0 aliphatic carbocycles. The molecule has 1 aliphatic heterocycles. The average Bonchev–Trinajstić information content (AvgIpc) is 2.81. The summed E-state index contributed by atoms with van der Waals surface area (Å²) in [5, 5.41) is 3.25. The fraction of sp³-hybridized carbons (Fsp3) is 0.667. The number of carbonyl (C=O) groups is 1. The van der Waals surface area contributed by atoms with Crippen molar-refractivity contribution >= 4 is 5.91 Å². The van der Waals surface area contributed by atoms with E-state index in [2.05, 4.69) is 20.2 Å². The summed E-state index contributed by atoms with van der Waals surface area (Å²) >= 11 is 0. The van der Waals surface area contributed by atoms with Crippen LogP contribution in [0.3, 0.4) is 0 Å². The average molecular weight is 251 g/mol. The molecule has 1 aliphatic rings. The van der Waals surface area contributed by atoms with E-state index >= 15 is 0 Å². The van der Waals surface area contributed by atoms with Gasteiger partial charge in [0.15, 0.2) is 0 Å². The number of nitrogens with zero attached hydrogens (tertiary/aromatic N) is 3. The van der Waals surface area contributed by atoms with Gasteiger partial charge in [-0.2, -0.15) is 0 Å². The van der Waals surface area contributed by atoms with E-state index in [1.165, 1.54) is 0 Å². The van der Waals surface area contributed by atoms with Crippen molar-refractivity contribution in [1.29, 1.82) is 0 Å². The van der Waals surface area contributed by atoms with Crippen molar-refractivity contribution in [2.75, 3.05) is 34.2 Å². The number of carbonyl (C=O) groups excluding carboxylic acids is 1. The van der Waals surface area contributed by atoms with Gasteiger partial charge in [0.1, 0.15) is 0 Å². The van der Waals surface area contributed by atoms with E-state index in [0.717, 1.165) is 24.5 Å². The highest BCUT2D eigenvalue weighted by Gasteiger charge is 2.27. The van der Waals surface area contributed by atoms with E-state index in [9.17, 15) is 4.79 Å². The van der Waals surface area contributed by atoms with E-state index in [-0.39, 0.29) is 11.9 Å². The van der Waals surface area contributed by atoms with Gasteiger partial charge in [-0.25, -0.2) is 4.98 Å². The van der Waals surface area contributed by atoms with Crippen molar-refractivity contribution in [3.05, 3.63) is 17.7 Å². The molecular formula is C12H21N5O. The Morgan fingerprint density at radius 3 is 2.94 bits per heavy atom. The summed E-state index contributed by atoms with van der Waals surface area (Å²) in [6.45, 7) is 2.31. The number of rotatable bonds is 4. The van der Waals surface area contributed by atoms with Crippen molar-refractivity contribution < 1.29 is 4.79 Å². The summed E-state index contributed by atoms with van der Waals surface area (Å²) in [6, 6.07) is -0.145. The summed E-state index contributed by atoms with van der Waals surface area (Å²) in [7, 11) is 5.87. The summed E-state index contributed by atoms with van der Waals surface area (Å²) in [5.74, 6) is 0.144. The van der Waals surface area contributed by atoms with Gasteiger partial charge in [-0.1, -0.05) is 0 Å². The molecule has 0 radical (unpaired) electrons. The molecule has 0 spiro atoms. The molecule has 1 unspecified atom stereocenters. The minimum atomic E-state index is -0.145. The first-order valence-electron chi connectivity index (χ1n) is 6.22. The Kier molecular flexibility index (Phi) is 3.98.